The minimum Gasteiger partial charge on any atom is -0.486 e. The predicted octanol–water partition coefficient (Wildman–Crippen LogP) is 1.62. The van der Waals surface area contributed by atoms with Crippen molar-refractivity contribution in [2.75, 3.05) is 27.2 Å². The molecule has 1 aromatic carbocycles. The van der Waals surface area contributed by atoms with Crippen LogP contribution in [0.2, 0.25) is 0 Å². The first-order valence-electron chi connectivity index (χ1n) is 8.98. The highest BCUT2D eigenvalue weighted by Crippen LogP contribution is 2.38. The van der Waals surface area contributed by atoms with Gasteiger partial charge in [0, 0.05) is 25.7 Å². The molecule has 0 N–H and O–H groups in total. The van der Waals surface area contributed by atoms with Crippen LogP contribution in [0.1, 0.15) is 35.8 Å². The number of nitrogens with zero attached hydrogens (tertiary/aromatic N) is 5. The number of likely N-dealkylation sites (tertiary alicyclic amines) is 1. The Labute approximate surface area is 153 Å². The number of hydrogen-bond acceptors (Lipinski definition) is 5. The van der Waals surface area contributed by atoms with Crippen LogP contribution >= 0.6 is 0 Å². The summed E-state index contributed by atoms with van der Waals surface area (Å²) in [5.74, 6) is 0.766. The van der Waals surface area contributed by atoms with Crippen LogP contribution in [-0.2, 0) is 6.42 Å². The van der Waals surface area contributed by atoms with E-state index in [4.69, 9.17) is 4.74 Å². The van der Waals surface area contributed by atoms with E-state index >= 15 is 0 Å². The quantitative estimate of drug-likeness (QED) is 0.837. The fourth-order valence-electron chi connectivity index (χ4n) is 4.05. The van der Waals surface area contributed by atoms with Crippen molar-refractivity contribution in [1.82, 2.24) is 24.8 Å². The number of hydrogen-bond donors (Lipinski definition) is 0. The monoisotopic (exact) mass is 355 g/mol. The molecule has 0 unspecified atom stereocenters. The van der Waals surface area contributed by atoms with Crippen LogP contribution in [0.4, 0.5) is 0 Å². The lowest BCUT2D eigenvalue weighted by Gasteiger charge is -2.24. The summed E-state index contributed by atoms with van der Waals surface area (Å²) in [6, 6.07) is 6.15. The predicted molar refractivity (Wildman–Crippen MR) is 97.3 cm³/mol. The van der Waals surface area contributed by atoms with Crippen molar-refractivity contribution >= 4 is 5.91 Å². The second-order valence-electron chi connectivity index (χ2n) is 8.02. The van der Waals surface area contributed by atoms with Crippen molar-refractivity contribution < 1.29 is 9.53 Å². The van der Waals surface area contributed by atoms with Gasteiger partial charge in [-0.1, -0.05) is 17.3 Å². The molecule has 1 amide bonds. The van der Waals surface area contributed by atoms with Gasteiger partial charge < -0.3 is 14.5 Å². The van der Waals surface area contributed by atoms with Gasteiger partial charge in [-0.15, -0.1) is 5.10 Å². The van der Waals surface area contributed by atoms with Gasteiger partial charge in [-0.05, 0) is 39.6 Å². The average molecular weight is 355 g/mol. The van der Waals surface area contributed by atoms with Gasteiger partial charge in [0.05, 0.1) is 23.8 Å². The van der Waals surface area contributed by atoms with E-state index in [0.717, 1.165) is 17.7 Å². The van der Waals surface area contributed by atoms with Gasteiger partial charge in [0.2, 0.25) is 0 Å². The number of carbonyl (C=O) groups excluding carboxylic acids is 1. The SMILES string of the molecule is CN(C)[C@@H]1CN(C(=O)c2cccc3c2OC(C)(C)C3)C[C@@H]1n1ccnn1. The second kappa shape index (κ2) is 6.09. The molecule has 2 atom stereocenters. The van der Waals surface area contributed by atoms with Crippen molar-refractivity contribution in [2.24, 2.45) is 0 Å². The Bertz CT molecular complexity index is 815. The first-order chi connectivity index (χ1) is 12.4. The van der Waals surface area contributed by atoms with Gasteiger partial charge in [-0.25, -0.2) is 4.68 Å². The molecule has 0 saturated carbocycles. The Morgan fingerprint density at radius 3 is 2.81 bits per heavy atom. The zero-order valence-corrected chi connectivity index (χ0v) is 15.7. The van der Waals surface area contributed by atoms with Crippen molar-refractivity contribution in [3.8, 4) is 5.75 Å². The molecule has 4 rings (SSSR count). The van der Waals surface area contributed by atoms with Crippen molar-refractivity contribution in [3.63, 3.8) is 0 Å². The van der Waals surface area contributed by atoms with Gasteiger partial charge >= 0.3 is 0 Å². The fraction of sp³-hybridized carbons (Fsp3) is 0.526. The van der Waals surface area contributed by atoms with E-state index in [0.29, 0.717) is 18.7 Å². The van der Waals surface area contributed by atoms with Crippen LogP contribution < -0.4 is 4.74 Å². The zero-order chi connectivity index (χ0) is 18.5. The lowest BCUT2D eigenvalue weighted by atomic mass is 10.0. The molecule has 0 radical (unpaired) electrons. The summed E-state index contributed by atoms with van der Waals surface area (Å²) < 4.78 is 7.95. The summed E-state index contributed by atoms with van der Waals surface area (Å²) >= 11 is 0. The Hall–Kier alpha value is -2.41. The number of para-hydroxylation sites is 1. The summed E-state index contributed by atoms with van der Waals surface area (Å²) in [5, 5.41) is 8.07. The third-order valence-electron chi connectivity index (χ3n) is 5.31. The maximum atomic E-state index is 13.3. The molecule has 0 bridgehead atoms. The molecule has 0 spiro atoms. The molecule has 0 aliphatic carbocycles. The molecule has 2 aromatic rings. The van der Waals surface area contributed by atoms with Crippen molar-refractivity contribution in [2.45, 2.75) is 38.0 Å². The van der Waals surface area contributed by atoms with Gasteiger partial charge in [0.25, 0.3) is 5.91 Å². The molecule has 138 valence electrons. The highest BCUT2D eigenvalue weighted by molar-refractivity contribution is 5.98. The molecule has 3 heterocycles. The summed E-state index contributed by atoms with van der Waals surface area (Å²) in [6.45, 7) is 5.38. The van der Waals surface area contributed by atoms with E-state index in [9.17, 15) is 4.79 Å². The van der Waals surface area contributed by atoms with Crippen LogP contribution in [0.5, 0.6) is 5.75 Å². The summed E-state index contributed by atoms with van der Waals surface area (Å²) in [7, 11) is 4.07. The maximum Gasteiger partial charge on any atom is 0.257 e. The summed E-state index contributed by atoms with van der Waals surface area (Å²) in [4.78, 5) is 17.3. The standard InChI is InChI=1S/C19H25N5O2/c1-19(2)10-13-6-5-7-14(17(13)26-19)18(25)23-11-15(22(3)4)16(12-23)24-9-8-20-21-24/h5-9,15-16H,10-12H2,1-4H3/t15-,16+/m1/s1. The van der Waals surface area contributed by atoms with Gasteiger partial charge in [-0.2, -0.15) is 0 Å². The Morgan fingerprint density at radius 2 is 2.12 bits per heavy atom. The van der Waals surface area contributed by atoms with E-state index in [2.05, 4.69) is 29.1 Å². The number of ether oxygens (including phenoxy) is 1. The number of benzene rings is 1. The molecule has 7 nitrogen and oxygen atoms in total. The average Bonchev–Trinajstić information content (AvgIpc) is 3.29. The lowest BCUT2D eigenvalue weighted by Crippen LogP contribution is -2.37. The van der Waals surface area contributed by atoms with E-state index in [-0.39, 0.29) is 23.6 Å². The second-order valence-corrected chi connectivity index (χ2v) is 8.02. The highest BCUT2D eigenvalue weighted by Gasteiger charge is 2.40. The van der Waals surface area contributed by atoms with Gasteiger partial charge in [-0.3, -0.25) is 4.79 Å². The van der Waals surface area contributed by atoms with Gasteiger partial charge in [0.15, 0.2) is 0 Å². The third kappa shape index (κ3) is 2.86. The molecule has 26 heavy (non-hydrogen) atoms. The molecular weight excluding hydrogens is 330 g/mol. The molecule has 1 fully saturated rings. The normalized spacial score (nSPS) is 24.0. The molecule has 1 aromatic heterocycles. The topological polar surface area (TPSA) is 63.5 Å². The fourth-order valence-corrected chi connectivity index (χ4v) is 4.05. The Kier molecular flexibility index (Phi) is 3.99. The highest BCUT2D eigenvalue weighted by atomic mass is 16.5. The molecular formula is C19H25N5O2. The third-order valence-corrected chi connectivity index (χ3v) is 5.31. The van der Waals surface area contributed by atoms with E-state index < -0.39 is 0 Å². The largest absolute Gasteiger partial charge is 0.486 e. The van der Waals surface area contributed by atoms with Crippen molar-refractivity contribution in [3.05, 3.63) is 41.7 Å². The van der Waals surface area contributed by atoms with E-state index in [1.165, 1.54) is 0 Å². The number of fused-ring (bicyclic) bond motifs is 1. The summed E-state index contributed by atoms with van der Waals surface area (Å²) in [5.41, 5.74) is 1.50. The van der Waals surface area contributed by atoms with Crippen LogP contribution in [0.25, 0.3) is 0 Å². The number of carbonyl (C=O) groups is 1. The molecule has 7 heteroatoms. The Morgan fingerprint density at radius 1 is 1.31 bits per heavy atom. The van der Waals surface area contributed by atoms with Crippen LogP contribution in [-0.4, -0.2) is 69.5 Å². The molecule has 1 saturated heterocycles. The smallest absolute Gasteiger partial charge is 0.257 e. The van der Waals surface area contributed by atoms with E-state index in [1.807, 2.05) is 48.1 Å². The zero-order valence-electron chi connectivity index (χ0n) is 15.7. The minimum absolute atomic E-state index is 0.0222. The number of rotatable bonds is 3. The first kappa shape index (κ1) is 17.0. The first-order valence-corrected chi connectivity index (χ1v) is 8.98. The summed E-state index contributed by atoms with van der Waals surface area (Å²) in [6.07, 6.45) is 4.36. The Balaban J connectivity index is 1.62. The number of aromatic nitrogens is 3. The van der Waals surface area contributed by atoms with Crippen LogP contribution in [0.15, 0.2) is 30.6 Å². The maximum absolute atomic E-state index is 13.3. The van der Waals surface area contributed by atoms with Crippen LogP contribution in [0, 0.1) is 0 Å². The lowest BCUT2D eigenvalue weighted by molar-refractivity contribution is 0.0769. The van der Waals surface area contributed by atoms with E-state index in [1.54, 1.807) is 6.20 Å². The molecule has 2 aliphatic rings. The molecule has 2 aliphatic heterocycles. The number of likely N-dealkylation sites (N-methyl/N-ethyl adjacent to an activating group) is 1. The van der Waals surface area contributed by atoms with Crippen LogP contribution in [0.3, 0.4) is 0 Å². The minimum atomic E-state index is -0.265. The van der Waals surface area contributed by atoms with Gasteiger partial charge in [0.1, 0.15) is 11.4 Å². The van der Waals surface area contributed by atoms with Crippen molar-refractivity contribution in [1.29, 1.82) is 0 Å². The number of amides is 1.